The molecule has 0 bridgehead atoms. The summed E-state index contributed by atoms with van der Waals surface area (Å²) in [6.45, 7) is 3.52. The molecular formula is C15H18N4OS. The van der Waals surface area contributed by atoms with Crippen LogP contribution in [0.1, 0.15) is 0 Å². The van der Waals surface area contributed by atoms with Crippen LogP contribution in [0, 0.1) is 0 Å². The minimum absolute atomic E-state index is 0.768. The van der Waals surface area contributed by atoms with Crippen molar-refractivity contribution < 1.29 is 4.74 Å². The molecule has 0 unspecified atom stereocenters. The Morgan fingerprint density at radius 2 is 1.90 bits per heavy atom. The molecule has 0 atom stereocenters. The number of thioether (sulfide) groups is 1. The van der Waals surface area contributed by atoms with Gasteiger partial charge in [-0.05, 0) is 36.6 Å². The molecule has 2 aromatic rings. The summed E-state index contributed by atoms with van der Waals surface area (Å²) in [4.78, 5) is 10.9. The molecule has 21 heavy (non-hydrogen) atoms. The van der Waals surface area contributed by atoms with Crippen molar-refractivity contribution in [3.05, 3.63) is 36.5 Å². The lowest BCUT2D eigenvalue weighted by Crippen LogP contribution is -2.36. The number of hydrogen-bond donors (Lipinski definition) is 1. The van der Waals surface area contributed by atoms with Crippen LogP contribution in [0.15, 0.2) is 41.7 Å². The predicted octanol–water partition coefficient (Wildman–Crippen LogP) is 2.78. The van der Waals surface area contributed by atoms with E-state index in [2.05, 4.69) is 44.5 Å². The van der Waals surface area contributed by atoms with Gasteiger partial charge in [0.15, 0.2) is 5.16 Å². The number of rotatable bonds is 4. The van der Waals surface area contributed by atoms with E-state index in [0.717, 1.165) is 43.0 Å². The van der Waals surface area contributed by atoms with Gasteiger partial charge in [0.1, 0.15) is 5.82 Å². The normalized spacial score (nSPS) is 15.0. The van der Waals surface area contributed by atoms with Gasteiger partial charge < -0.3 is 15.0 Å². The first-order valence-corrected chi connectivity index (χ1v) is 8.14. The Morgan fingerprint density at radius 1 is 1.14 bits per heavy atom. The first-order chi connectivity index (χ1) is 10.3. The molecule has 1 N–H and O–H groups in total. The number of morpholine rings is 1. The molecule has 0 radical (unpaired) electrons. The van der Waals surface area contributed by atoms with Gasteiger partial charge in [0.05, 0.1) is 13.2 Å². The highest BCUT2D eigenvalue weighted by atomic mass is 32.2. The van der Waals surface area contributed by atoms with Crippen molar-refractivity contribution in [2.24, 2.45) is 0 Å². The van der Waals surface area contributed by atoms with Gasteiger partial charge in [0.2, 0.25) is 0 Å². The van der Waals surface area contributed by atoms with E-state index in [1.54, 1.807) is 6.20 Å². The summed E-state index contributed by atoms with van der Waals surface area (Å²) < 4.78 is 5.38. The molecule has 0 aliphatic carbocycles. The first-order valence-electron chi connectivity index (χ1n) is 6.92. The Balaban J connectivity index is 1.68. The van der Waals surface area contributed by atoms with E-state index in [0.29, 0.717) is 0 Å². The maximum Gasteiger partial charge on any atom is 0.189 e. The number of nitrogens with one attached hydrogen (secondary N) is 1. The van der Waals surface area contributed by atoms with Crippen LogP contribution in [-0.4, -0.2) is 42.5 Å². The second-order valence-electron chi connectivity index (χ2n) is 4.70. The number of aromatic nitrogens is 2. The predicted molar refractivity (Wildman–Crippen MR) is 86.6 cm³/mol. The molecule has 1 aromatic carbocycles. The lowest BCUT2D eigenvalue weighted by molar-refractivity contribution is 0.122. The number of nitrogens with zero attached hydrogens (tertiary/aromatic N) is 3. The molecule has 0 spiro atoms. The van der Waals surface area contributed by atoms with Crippen molar-refractivity contribution in [2.75, 3.05) is 42.8 Å². The van der Waals surface area contributed by atoms with Crippen molar-refractivity contribution in [2.45, 2.75) is 5.16 Å². The first kappa shape index (κ1) is 14.2. The fourth-order valence-electron chi connectivity index (χ4n) is 2.23. The quantitative estimate of drug-likeness (QED) is 0.692. The third-order valence-electron chi connectivity index (χ3n) is 3.33. The van der Waals surface area contributed by atoms with E-state index in [9.17, 15) is 0 Å². The molecule has 5 nitrogen and oxygen atoms in total. The molecule has 0 amide bonds. The van der Waals surface area contributed by atoms with Crippen LogP contribution in [-0.2, 0) is 4.74 Å². The molecule has 1 aromatic heterocycles. The third kappa shape index (κ3) is 3.65. The summed E-state index contributed by atoms with van der Waals surface area (Å²) in [6, 6.07) is 10.3. The van der Waals surface area contributed by atoms with Crippen molar-refractivity contribution in [3.8, 4) is 0 Å². The molecule has 1 aliphatic rings. The van der Waals surface area contributed by atoms with Crippen LogP contribution >= 0.6 is 11.8 Å². The maximum absolute atomic E-state index is 5.38. The van der Waals surface area contributed by atoms with E-state index >= 15 is 0 Å². The molecule has 0 saturated carbocycles. The van der Waals surface area contributed by atoms with E-state index < -0.39 is 0 Å². The highest BCUT2D eigenvalue weighted by molar-refractivity contribution is 7.98. The van der Waals surface area contributed by atoms with Crippen LogP contribution in [0.2, 0.25) is 0 Å². The SMILES string of the molecule is CSc1nccc(Nc2ccc(N3CCOCC3)cc2)n1. The number of hydrogen-bond acceptors (Lipinski definition) is 6. The van der Waals surface area contributed by atoms with Gasteiger partial charge in [-0.25, -0.2) is 9.97 Å². The standard InChI is InChI=1S/C15H18N4OS/c1-21-15-16-7-6-14(18-15)17-12-2-4-13(5-3-12)19-8-10-20-11-9-19/h2-7H,8-11H2,1H3,(H,16,17,18). The molecule has 2 heterocycles. The summed E-state index contributed by atoms with van der Waals surface area (Å²) >= 11 is 1.53. The molecule has 1 saturated heterocycles. The Morgan fingerprint density at radius 3 is 2.62 bits per heavy atom. The lowest BCUT2D eigenvalue weighted by atomic mass is 10.2. The zero-order valence-electron chi connectivity index (χ0n) is 12.0. The summed E-state index contributed by atoms with van der Waals surface area (Å²) in [5.74, 6) is 0.813. The molecule has 110 valence electrons. The van der Waals surface area contributed by atoms with Crippen molar-refractivity contribution >= 4 is 29.0 Å². The molecule has 1 fully saturated rings. The van der Waals surface area contributed by atoms with Gasteiger partial charge in [0, 0.05) is 30.7 Å². The van der Waals surface area contributed by atoms with E-state index in [1.165, 1.54) is 17.4 Å². The van der Waals surface area contributed by atoms with Crippen LogP contribution in [0.3, 0.4) is 0 Å². The number of ether oxygens (including phenoxy) is 1. The maximum atomic E-state index is 5.38. The second kappa shape index (κ2) is 6.78. The van der Waals surface area contributed by atoms with Crippen molar-refractivity contribution in [1.82, 2.24) is 9.97 Å². The Bertz CT molecular complexity index is 584. The lowest BCUT2D eigenvalue weighted by Gasteiger charge is -2.28. The van der Waals surface area contributed by atoms with Crippen LogP contribution in [0.4, 0.5) is 17.2 Å². The Hall–Kier alpha value is -1.79. The minimum Gasteiger partial charge on any atom is -0.378 e. The van der Waals surface area contributed by atoms with E-state index in [4.69, 9.17) is 4.74 Å². The van der Waals surface area contributed by atoms with Crippen LogP contribution in [0.25, 0.3) is 0 Å². The highest BCUT2D eigenvalue weighted by Gasteiger charge is 2.10. The van der Waals surface area contributed by atoms with Gasteiger partial charge in [-0.1, -0.05) is 11.8 Å². The average molecular weight is 302 g/mol. The van der Waals surface area contributed by atoms with Gasteiger partial charge in [0.25, 0.3) is 0 Å². The van der Waals surface area contributed by atoms with Crippen LogP contribution in [0.5, 0.6) is 0 Å². The summed E-state index contributed by atoms with van der Waals surface area (Å²) in [6.07, 6.45) is 3.74. The fraction of sp³-hybridized carbons (Fsp3) is 0.333. The molecule has 1 aliphatic heterocycles. The zero-order valence-corrected chi connectivity index (χ0v) is 12.8. The van der Waals surface area contributed by atoms with Gasteiger partial charge in [-0.3, -0.25) is 0 Å². The number of benzene rings is 1. The molecule has 3 rings (SSSR count). The van der Waals surface area contributed by atoms with Gasteiger partial charge in [-0.15, -0.1) is 0 Å². The minimum atomic E-state index is 0.768. The summed E-state index contributed by atoms with van der Waals surface area (Å²) in [5.41, 5.74) is 2.26. The average Bonchev–Trinajstić information content (AvgIpc) is 2.56. The van der Waals surface area contributed by atoms with Gasteiger partial charge in [-0.2, -0.15) is 0 Å². The second-order valence-corrected chi connectivity index (χ2v) is 5.47. The Labute approximate surface area is 128 Å². The number of anilines is 3. The van der Waals surface area contributed by atoms with E-state index in [1.807, 2.05) is 12.3 Å². The smallest absolute Gasteiger partial charge is 0.189 e. The highest BCUT2D eigenvalue weighted by Crippen LogP contribution is 2.21. The van der Waals surface area contributed by atoms with Crippen molar-refractivity contribution in [3.63, 3.8) is 0 Å². The topological polar surface area (TPSA) is 50.3 Å². The monoisotopic (exact) mass is 302 g/mol. The fourth-order valence-corrected chi connectivity index (χ4v) is 2.59. The Kier molecular flexibility index (Phi) is 4.57. The van der Waals surface area contributed by atoms with E-state index in [-0.39, 0.29) is 0 Å². The summed E-state index contributed by atoms with van der Waals surface area (Å²) in [5, 5.41) is 4.07. The largest absolute Gasteiger partial charge is 0.378 e. The molecule has 6 heteroatoms. The van der Waals surface area contributed by atoms with Crippen LogP contribution < -0.4 is 10.2 Å². The molecular weight excluding hydrogens is 284 g/mol. The summed E-state index contributed by atoms with van der Waals surface area (Å²) in [7, 11) is 0. The van der Waals surface area contributed by atoms with Gasteiger partial charge >= 0.3 is 0 Å². The van der Waals surface area contributed by atoms with Crippen molar-refractivity contribution in [1.29, 1.82) is 0 Å². The zero-order chi connectivity index (χ0) is 14.5. The third-order valence-corrected chi connectivity index (χ3v) is 3.89.